The van der Waals surface area contributed by atoms with Gasteiger partial charge in [-0.3, -0.25) is 0 Å². The van der Waals surface area contributed by atoms with Crippen molar-refractivity contribution in [1.29, 1.82) is 0 Å². The van der Waals surface area contributed by atoms with Crippen molar-refractivity contribution in [3.63, 3.8) is 0 Å². The lowest BCUT2D eigenvalue weighted by atomic mass is 9.82. The Hall–Kier alpha value is -5.97. The topological polar surface area (TPSA) is 29.0 Å². The van der Waals surface area contributed by atoms with Gasteiger partial charge in [0.15, 0.2) is 5.82 Å². The number of rotatable bonds is 4. The highest BCUT2D eigenvalue weighted by Gasteiger charge is 2.35. The molecule has 3 nitrogen and oxygen atoms in total. The van der Waals surface area contributed by atoms with E-state index in [0.717, 1.165) is 44.9 Å². The summed E-state index contributed by atoms with van der Waals surface area (Å²) in [5.41, 5.74) is 15.1. The average molecular weight is 672 g/mol. The van der Waals surface area contributed by atoms with E-state index in [-0.39, 0.29) is 5.41 Å². The van der Waals surface area contributed by atoms with Gasteiger partial charge >= 0.3 is 0 Å². The van der Waals surface area contributed by atoms with E-state index in [1.165, 1.54) is 48.9 Å². The number of aromatic nitrogens is 2. The van der Waals surface area contributed by atoms with E-state index < -0.39 is 0 Å². The van der Waals surface area contributed by atoms with Gasteiger partial charge in [-0.2, -0.15) is 0 Å². The summed E-state index contributed by atoms with van der Waals surface area (Å²) < 4.78 is 0. The van der Waals surface area contributed by atoms with Crippen LogP contribution in [0.2, 0.25) is 0 Å². The van der Waals surface area contributed by atoms with E-state index in [2.05, 4.69) is 183 Å². The maximum atomic E-state index is 5.34. The number of para-hydroxylation sites is 2. The third-order valence-electron chi connectivity index (χ3n) is 10.5. The average Bonchev–Trinajstić information content (AvgIpc) is 3.42. The van der Waals surface area contributed by atoms with Crippen molar-refractivity contribution in [2.75, 3.05) is 4.90 Å². The van der Waals surface area contributed by atoms with Crippen LogP contribution in [0.15, 0.2) is 174 Å². The lowest BCUT2D eigenvalue weighted by molar-refractivity contribution is 0.660. The molecule has 10 rings (SSSR count). The van der Waals surface area contributed by atoms with Crippen molar-refractivity contribution in [1.82, 2.24) is 9.97 Å². The lowest BCUT2D eigenvalue weighted by Crippen LogP contribution is -2.15. The third-order valence-corrected chi connectivity index (χ3v) is 11.6. The van der Waals surface area contributed by atoms with Crippen molar-refractivity contribution in [3.8, 4) is 44.9 Å². The predicted octanol–water partition coefficient (Wildman–Crippen LogP) is 12.9. The molecule has 0 amide bonds. The summed E-state index contributed by atoms with van der Waals surface area (Å²) in [7, 11) is 0. The molecule has 2 aliphatic rings. The molecule has 1 aliphatic carbocycles. The highest BCUT2D eigenvalue weighted by molar-refractivity contribution is 7.99. The molecule has 1 aromatic heterocycles. The summed E-state index contributed by atoms with van der Waals surface area (Å²) in [5, 5.41) is 1.06. The molecule has 0 N–H and O–H groups in total. The molecule has 0 spiro atoms. The molecule has 8 aromatic rings. The van der Waals surface area contributed by atoms with Gasteiger partial charge in [0.2, 0.25) is 0 Å². The second-order valence-electron chi connectivity index (χ2n) is 13.8. The second kappa shape index (κ2) is 11.5. The fourth-order valence-corrected chi connectivity index (χ4v) is 8.98. The molecule has 51 heavy (non-hydrogen) atoms. The number of benzene rings is 7. The van der Waals surface area contributed by atoms with Gasteiger partial charge in [-0.25, -0.2) is 9.97 Å². The van der Waals surface area contributed by atoms with Crippen LogP contribution in [0.4, 0.5) is 17.1 Å². The van der Waals surface area contributed by atoms with Gasteiger partial charge in [-0.05, 0) is 88.0 Å². The molecule has 0 fully saturated rings. The van der Waals surface area contributed by atoms with Crippen LogP contribution in [-0.2, 0) is 5.41 Å². The number of hydrogen-bond acceptors (Lipinski definition) is 4. The molecule has 0 bridgehead atoms. The monoisotopic (exact) mass is 671 g/mol. The quantitative estimate of drug-likeness (QED) is 0.186. The molecule has 2 heterocycles. The van der Waals surface area contributed by atoms with Gasteiger partial charge in [0.25, 0.3) is 0 Å². The van der Waals surface area contributed by atoms with Crippen molar-refractivity contribution >= 4 is 39.7 Å². The zero-order chi connectivity index (χ0) is 34.1. The minimum Gasteiger partial charge on any atom is -0.308 e. The molecule has 0 saturated heterocycles. The van der Waals surface area contributed by atoms with Crippen LogP contribution in [0.25, 0.3) is 55.8 Å². The Kier molecular flexibility index (Phi) is 6.77. The molecular weight excluding hydrogens is 639 g/mol. The molecule has 0 unspecified atom stereocenters. The molecular formula is C47H33N3S. The zero-order valence-electron chi connectivity index (χ0n) is 28.3. The highest BCUT2D eigenvalue weighted by atomic mass is 32.2. The molecule has 4 heteroatoms. The van der Waals surface area contributed by atoms with Gasteiger partial charge in [0.05, 0.1) is 22.6 Å². The fourth-order valence-electron chi connectivity index (χ4n) is 7.89. The van der Waals surface area contributed by atoms with E-state index in [4.69, 9.17) is 9.97 Å². The zero-order valence-corrected chi connectivity index (χ0v) is 29.2. The summed E-state index contributed by atoms with van der Waals surface area (Å²) in [6, 6.07) is 58.8. The van der Waals surface area contributed by atoms with Crippen molar-refractivity contribution in [2.24, 2.45) is 0 Å². The summed E-state index contributed by atoms with van der Waals surface area (Å²) in [6.45, 7) is 4.66. The van der Waals surface area contributed by atoms with Gasteiger partial charge in [-0.15, -0.1) is 0 Å². The normalized spacial score (nSPS) is 13.7. The van der Waals surface area contributed by atoms with Crippen LogP contribution in [0, 0.1) is 0 Å². The van der Waals surface area contributed by atoms with Crippen LogP contribution in [0.1, 0.15) is 25.0 Å². The maximum absolute atomic E-state index is 5.34. The fraction of sp³-hybridized carbons (Fsp3) is 0.0638. The van der Waals surface area contributed by atoms with E-state index in [0.29, 0.717) is 0 Å². The summed E-state index contributed by atoms with van der Waals surface area (Å²) in [5.74, 6) is 0.729. The lowest BCUT2D eigenvalue weighted by Gasteiger charge is -2.33. The molecule has 1 aliphatic heterocycles. The van der Waals surface area contributed by atoms with Crippen LogP contribution < -0.4 is 4.90 Å². The van der Waals surface area contributed by atoms with Gasteiger partial charge in [-0.1, -0.05) is 135 Å². The molecule has 242 valence electrons. The first-order chi connectivity index (χ1) is 25.0. The Morgan fingerprint density at radius 3 is 2.04 bits per heavy atom. The second-order valence-corrected chi connectivity index (χ2v) is 14.9. The summed E-state index contributed by atoms with van der Waals surface area (Å²) >= 11 is 1.80. The van der Waals surface area contributed by atoms with Gasteiger partial charge in [0, 0.05) is 37.4 Å². The van der Waals surface area contributed by atoms with Gasteiger partial charge < -0.3 is 4.90 Å². The number of nitrogens with zero attached hydrogens (tertiary/aromatic N) is 3. The highest BCUT2D eigenvalue weighted by Crippen LogP contribution is 2.53. The summed E-state index contributed by atoms with van der Waals surface area (Å²) in [4.78, 5) is 15.2. The van der Waals surface area contributed by atoms with E-state index in [9.17, 15) is 0 Å². The van der Waals surface area contributed by atoms with E-state index in [1.807, 2.05) is 0 Å². The number of hydrogen-bond donors (Lipinski definition) is 0. The maximum Gasteiger partial charge on any atom is 0.160 e. The Bertz CT molecular complexity index is 2640. The largest absolute Gasteiger partial charge is 0.308 e. The minimum atomic E-state index is -0.0899. The number of anilines is 3. The van der Waals surface area contributed by atoms with Crippen molar-refractivity contribution < 1.29 is 0 Å². The van der Waals surface area contributed by atoms with E-state index >= 15 is 0 Å². The minimum absolute atomic E-state index is 0.0899. The SMILES string of the molecule is CC1(C)c2ccccc2-c2ccc(-c3nc(-c4ccc5c(c4)Sc4ccccc4N5c4ccc(-c5ccccc5)cc4)nc4ccccc34)cc21. The van der Waals surface area contributed by atoms with Crippen LogP contribution in [0.5, 0.6) is 0 Å². The van der Waals surface area contributed by atoms with Crippen LogP contribution in [0.3, 0.4) is 0 Å². The Morgan fingerprint density at radius 2 is 1.16 bits per heavy atom. The summed E-state index contributed by atoms with van der Waals surface area (Å²) in [6.07, 6.45) is 0. The first-order valence-electron chi connectivity index (χ1n) is 17.4. The van der Waals surface area contributed by atoms with Crippen LogP contribution >= 0.6 is 11.8 Å². The van der Waals surface area contributed by atoms with E-state index in [1.54, 1.807) is 11.8 Å². The van der Waals surface area contributed by atoms with Gasteiger partial charge in [0.1, 0.15) is 0 Å². The Labute approximate surface area is 302 Å². The van der Waals surface area contributed by atoms with Crippen LogP contribution in [-0.4, -0.2) is 9.97 Å². The first kappa shape index (κ1) is 29.9. The smallest absolute Gasteiger partial charge is 0.160 e. The Balaban J connectivity index is 1.08. The molecule has 0 atom stereocenters. The third kappa shape index (κ3) is 4.82. The predicted molar refractivity (Wildman–Crippen MR) is 212 cm³/mol. The molecule has 0 saturated carbocycles. The van der Waals surface area contributed by atoms with Crippen molar-refractivity contribution in [3.05, 3.63) is 175 Å². The molecule has 0 radical (unpaired) electrons. The first-order valence-corrected chi connectivity index (χ1v) is 18.2. The standard InChI is InChI=1S/C47H33N3S/c1-47(2)38-16-8-6-14-35(38)36-26-22-32(28-39(36)47)45-37-15-7-9-17-40(37)48-46(49-45)33-23-27-42-44(29-33)51-43-19-11-10-18-41(43)50(42)34-24-20-31(21-25-34)30-12-4-3-5-13-30/h3-29H,1-2H3. The number of fused-ring (bicyclic) bond motifs is 6. The molecule has 7 aromatic carbocycles. The van der Waals surface area contributed by atoms with Crippen molar-refractivity contribution in [2.45, 2.75) is 29.1 Å². The Morgan fingerprint density at radius 1 is 0.490 bits per heavy atom.